The molecule has 3 heterocycles. The predicted molar refractivity (Wildman–Crippen MR) is 304 cm³/mol. The fraction of sp³-hybridized carbons (Fsp3) is 0.371. The molecule has 1 fully saturated rings. The van der Waals surface area contributed by atoms with E-state index in [2.05, 4.69) is 11.8 Å². The van der Waals surface area contributed by atoms with Crippen molar-refractivity contribution >= 4 is 23.9 Å². The largest absolute Gasteiger partial charge is 0.497 e. The molecule has 0 unspecified atom stereocenters. The molecule has 2 aromatic heterocycles. The van der Waals surface area contributed by atoms with E-state index in [0.29, 0.717) is 45.3 Å². The number of aromatic nitrogens is 3. The molecule has 4 aromatic carbocycles. The minimum Gasteiger partial charge on any atom is -0.497 e. The summed E-state index contributed by atoms with van der Waals surface area (Å²) in [6.45, 7) is 0.826. The molecule has 6 aromatic rings. The Hall–Kier alpha value is -8.69. The highest BCUT2D eigenvalue weighted by molar-refractivity contribution is 5.75. The Labute approximate surface area is 486 Å². The van der Waals surface area contributed by atoms with Gasteiger partial charge in [0.2, 0.25) is 0 Å². The molecular weight excluding hydrogens is 1090 g/mol. The second-order valence-corrected chi connectivity index (χ2v) is 19.4. The summed E-state index contributed by atoms with van der Waals surface area (Å²) in [5, 5.41) is 11.5. The maximum Gasteiger partial charge on any atom is 0.333 e. The summed E-state index contributed by atoms with van der Waals surface area (Å²) >= 11 is 0. The van der Waals surface area contributed by atoms with Crippen LogP contribution in [0.1, 0.15) is 57.4 Å². The number of esters is 4. The Bertz CT molecular complexity index is 3220. The molecule has 1 aliphatic heterocycles. The lowest BCUT2D eigenvalue weighted by atomic mass is 9.80. The molecule has 0 aliphatic carbocycles. The van der Waals surface area contributed by atoms with Crippen LogP contribution in [-0.4, -0.2) is 160 Å². The molecule has 0 radical (unpaired) electrons. The number of hydrogen-bond donors (Lipinski definition) is 1. The first-order chi connectivity index (χ1) is 40.6. The quantitative estimate of drug-likeness (QED) is 0.0238. The third kappa shape index (κ3) is 16.7. The van der Waals surface area contributed by atoms with Gasteiger partial charge in [-0.15, -0.1) is 0 Å². The number of carbonyl (C=O) groups excluding carboxylic acids is 4. The van der Waals surface area contributed by atoms with Gasteiger partial charge in [-0.1, -0.05) is 66.4 Å². The SMILES string of the molecule is COC(=O)CN(CC(=O)OC)Cc1cc(C#Cc2ccc(OCCOCCn3c(=O)c(C)cn([C@H]4C[C@@H](O)[C@@H](COC(c5ccccc5)(c5ccc(OC)cc5)c5ccc(OC)cc5)O4)c3=O)cc2)cc(CN(CC(=O)OC)CC(=O)OC)n1. The maximum atomic E-state index is 14.0. The van der Waals surface area contributed by atoms with Gasteiger partial charge in [0.15, 0.2) is 0 Å². The number of ether oxygens (including phenoxy) is 10. The summed E-state index contributed by atoms with van der Waals surface area (Å²) in [6, 6.07) is 35.3. The molecule has 3 atom stereocenters. The number of carbonyl (C=O) groups is 4. The number of hydrogen-bond acceptors (Lipinski definition) is 20. The lowest BCUT2D eigenvalue weighted by Crippen LogP contribution is -2.43. The number of aliphatic hydroxyl groups excluding tert-OH is 1. The maximum absolute atomic E-state index is 14.0. The van der Waals surface area contributed by atoms with Crippen molar-refractivity contribution < 1.29 is 71.7 Å². The molecular formula is C62H69N5O17. The van der Waals surface area contributed by atoms with E-state index in [-0.39, 0.29) is 78.7 Å². The van der Waals surface area contributed by atoms with Gasteiger partial charge in [0, 0.05) is 42.4 Å². The zero-order chi connectivity index (χ0) is 60.2. The predicted octanol–water partition coefficient (Wildman–Crippen LogP) is 4.18. The van der Waals surface area contributed by atoms with Crippen LogP contribution in [0.4, 0.5) is 0 Å². The highest BCUT2D eigenvalue weighted by Crippen LogP contribution is 2.43. The zero-order valence-corrected chi connectivity index (χ0v) is 48.0. The van der Waals surface area contributed by atoms with Crippen LogP contribution in [0, 0.1) is 18.8 Å². The molecule has 0 bridgehead atoms. The Morgan fingerprint density at radius 1 is 0.643 bits per heavy atom. The third-order valence-electron chi connectivity index (χ3n) is 13.7. The van der Waals surface area contributed by atoms with E-state index in [9.17, 15) is 33.9 Å². The van der Waals surface area contributed by atoms with Crippen LogP contribution >= 0.6 is 0 Å². The van der Waals surface area contributed by atoms with Crippen LogP contribution < -0.4 is 25.5 Å². The summed E-state index contributed by atoms with van der Waals surface area (Å²) in [5.41, 5.74) is 2.41. The number of pyridine rings is 1. The van der Waals surface area contributed by atoms with Crippen LogP contribution in [-0.2, 0) is 77.6 Å². The van der Waals surface area contributed by atoms with Gasteiger partial charge in [-0.25, -0.2) is 4.79 Å². The summed E-state index contributed by atoms with van der Waals surface area (Å²) in [6.07, 6.45) is -1.29. The molecule has 1 N–H and O–H groups in total. The van der Waals surface area contributed by atoms with Crippen LogP contribution in [0.25, 0.3) is 0 Å². The summed E-state index contributed by atoms with van der Waals surface area (Å²) in [4.78, 5) is 84.2. The number of benzene rings is 4. The molecule has 1 saturated heterocycles. The highest BCUT2D eigenvalue weighted by Gasteiger charge is 2.42. The molecule has 7 rings (SSSR count). The first-order valence-electron chi connectivity index (χ1n) is 26.8. The van der Waals surface area contributed by atoms with Crippen molar-refractivity contribution in [1.82, 2.24) is 23.9 Å². The molecule has 22 nitrogen and oxygen atoms in total. The normalized spacial score (nSPS) is 14.8. The van der Waals surface area contributed by atoms with Crippen molar-refractivity contribution in [2.45, 2.75) is 57.0 Å². The number of aliphatic hydroxyl groups is 1. The molecule has 22 heteroatoms. The van der Waals surface area contributed by atoms with Crippen molar-refractivity contribution in [3.05, 3.63) is 187 Å². The van der Waals surface area contributed by atoms with E-state index >= 15 is 0 Å². The van der Waals surface area contributed by atoms with Gasteiger partial charge in [0.1, 0.15) is 41.8 Å². The lowest BCUT2D eigenvalue weighted by Gasteiger charge is -2.37. The van der Waals surface area contributed by atoms with Gasteiger partial charge in [0.25, 0.3) is 5.56 Å². The van der Waals surface area contributed by atoms with E-state index < -0.39 is 59.2 Å². The van der Waals surface area contributed by atoms with Gasteiger partial charge in [0.05, 0.1) is 113 Å². The van der Waals surface area contributed by atoms with Gasteiger partial charge in [-0.3, -0.25) is 47.9 Å². The molecule has 0 amide bonds. The van der Waals surface area contributed by atoms with E-state index in [1.165, 1.54) is 49.0 Å². The number of aryl methyl sites for hydroxylation is 1. The van der Waals surface area contributed by atoms with Crippen molar-refractivity contribution in [2.24, 2.45) is 0 Å². The molecule has 0 spiro atoms. The Morgan fingerprint density at radius 2 is 1.13 bits per heavy atom. The van der Waals surface area contributed by atoms with E-state index in [1.54, 1.807) is 57.5 Å². The highest BCUT2D eigenvalue weighted by atomic mass is 16.6. The monoisotopic (exact) mass is 1160 g/mol. The van der Waals surface area contributed by atoms with Crippen molar-refractivity contribution in [1.29, 1.82) is 0 Å². The van der Waals surface area contributed by atoms with E-state index in [0.717, 1.165) is 21.3 Å². The van der Waals surface area contributed by atoms with Gasteiger partial charge < -0.3 is 52.5 Å². The van der Waals surface area contributed by atoms with Crippen molar-refractivity contribution in [3.8, 4) is 29.1 Å². The van der Waals surface area contributed by atoms with Crippen LogP contribution in [0.3, 0.4) is 0 Å². The summed E-state index contributed by atoms with van der Waals surface area (Å²) in [7, 11) is 8.13. The fourth-order valence-electron chi connectivity index (χ4n) is 9.40. The van der Waals surface area contributed by atoms with E-state index in [1.807, 2.05) is 78.9 Å². The fourth-order valence-corrected chi connectivity index (χ4v) is 9.40. The van der Waals surface area contributed by atoms with Crippen molar-refractivity contribution in [3.63, 3.8) is 0 Å². The zero-order valence-electron chi connectivity index (χ0n) is 48.0. The van der Waals surface area contributed by atoms with Crippen LogP contribution in [0.5, 0.6) is 17.2 Å². The summed E-state index contributed by atoms with van der Waals surface area (Å²) < 4.78 is 57.8. The van der Waals surface area contributed by atoms with Crippen LogP contribution in [0.15, 0.2) is 131 Å². The molecule has 0 saturated carbocycles. The number of methoxy groups -OCH3 is 6. The lowest BCUT2D eigenvalue weighted by molar-refractivity contribution is -0.147. The van der Waals surface area contributed by atoms with Crippen LogP contribution in [0.2, 0.25) is 0 Å². The topological polar surface area (TPSA) is 244 Å². The minimum absolute atomic E-state index is 0.0121. The first kappa shape index (κ1) is 62.9. The van der Waals surface area contributed by atoms with Gasteiger partial charge >= 0.3 is 29.6 Å². The Balaban J connectivity index is 0.977. The Kier molecular flexibility index (Phi) is 22.9. The molecule has 1 aliphatic rings. The molecule has 84 heavy (non-hydrogen) atoms. The second-order valence-electron chi connectivity index (χ2n) is 19.4. The average Bonchev–Trinajstić information content (AvgIpc) is 1.98. The second kappa shape index (κ2) is 30.6. The van der Waals surface area contributed by atoms with Crippen molar-refractivity contribution in [2.75, 3.05) is 95.3 Å². The number of nitrogens with zero attached hydrogens (tertiary/aromatic N) is 5. The smallest absolute Gasteiger partial charge is 0.333 e. The summed E-state index contributed by atoms with van der Waals surface area (Å²) in [5.74, 6) is 5.76. The third-order valence-corrected chi connectivity index (χ3v) is 13.7. The first-order valence-corrected chi connectivity index (χ1v) is 26.8. The molecule has 444 valence electrons. The van der Waals surface area contributed by atoms with E-state index in [4.69, 9.17) is 52.4 Å². The standard InChI is InChI=1S/C62H69N5O17/c1-42-34-67(55-33-53(68)54(84-55)41-83-62(45-11-9-8-10-12-45,46-17-23-50(75-2)24-18-46)47-19-25-51(76-3)26-20-47)61(74)66(60(42)73)27-28-81-29-30-82-52-21-15-43(16-22-52)13-14-44-31-48(35-64(37-56(69)77-4)38-57(70)78-5)63-49(32-44)36-65(39-58(71)79-6)40-59(72)80-7/h8-12,15-26,31-32,34,53-55,68H,27-30,33,35-41H2,1-7H3/t53-,54-,55-/m1/s1. The van der Waals surface area contributed by atoms with Gasteiger partial charge in [-0.2, -0.15) is 0 Å². The van der Waals surface area contributed by atoms with Gasteiger partial charge in [-0.05, 0) is 84.3 Å². The average molecular weight is 1160 g/mol. The minimum atomic E-state index is -1.18. The number of rotatable bonds is 28. The Morgan fingerprint density at radius 3 is 1.63 bits per heavy atom.